The lowest BCUT2D eigenvalue weighted by Crippen LogP contribution is -1.90. The van der Waals surface area contributed by atoms with Gasteiger partial charge in [0, 0.05) is 23.5 Å². The smallest absolute Gasteiger partial charge is 0.0708 e. The number of hydrogen-bond acceptors (Lipinski definition) is 2. The zero-order valence-electron chi connectivity index (χ0n) is 22.9. The summed E-state index contributed by atoms with van der Waals surface area (Å²) in [7, 11) is 0. The van der Waals surface area contributed by atoms with E-state index in [0.29, 0.717) is 0 Å². The lowest BCUT2D eigenvalue weighted by molar-refractivity contribution is 1.33. The molecule has 0 aliphatic rings. The molecule has 0 aliphatic heterocycles. The second-order valence-electron chi connectivity index (χ2n) is 10.6. The fraction of sp³-hybridized carbons (Fsp3) is 0. The predicted octanol–water partition coefficient (Wildman–Crippen LogP) is 10.6. The molecular weight excluding hydrogens is 508 g/mol. The molecule has 0 saturated heterocycles. The largest absolute Gasteiger partial charge is 0.256 e. The van der Waals surface area contributed by atoms with Gasteiger partial charge < -0.3 is 0 Å². The molecule has 0 amide bonds. The van der Waals surface area contributed by atoms with Crippen LogP contribution in [-0.4, -0.2) is 9.97 Å². The van der Waals surface area contributed by atoms with E-state index < -0.39 is 0 Å². The first-order valence-corrected chi connectivity index (χ1v) is 14.2. The third-order valence-electron chi connectivity index (χ3n) is 8.19. The van der Waals surface area contributed by atoms with Gasteiger partial charge in [-0.2, -0.15) is 0 Å². The molecule has 0 unspecified atom stereocenters. The van der Waals surface area contributed by atoms with E-state index >= 15 is 0 Å². The summed E-state index contributed by atoms with van der Waals surface area (Å²) in [5, 5.41) is 7.54. The first-order chi connectivity index (χ1) is 20.8. The normalized spacial score (nSPS) is 11.3. The highest BCUT2D eigenvalue weighted by molar-refractivity contribution is 6.26. The molecule has 0 atom stereocenters. The standard InChI is InChI=1S/C40H26N2/c1-5-15-35(39-17-7-9-23-41-39)29(11-1)27-19-21-33-31-13-3-4-14-32(31)34-22-20-28(26-38(34)37(33)25-27)30-12-2-6-16-36(30)40-18-8-10-24-42-40/h1-26H. The highest BCUT2D eigenvalue weighted by Crippen LogP contribution is 2.41. The summed E-state index contributed by atoms with van der Waals surface area (Å²) in [6.45, 7) is 0. The Labute approximate surface area is 244 Å². The molecule has 196 valence electrons. The zero-order valence-corrected chi connectivity index (χ0v) is 22.9. The van der Waals surface area contributed by atoms with Gasteiger partial charge in [-0.05, 0) is 91.0 Å². The minimum Gasteiger partial charge on any atom is -0.256 e. The van der Waals surface area contributed by atoms with Crippen LogP contribution in [0.4, 0.5) is 0 Å². The molecule has 2 nitrogen and oxygen atoms in total. The van der Waals surface area contributed by atoms with Crippen LogP contribution in [0.2, 0.25) is 0 Å². The van der Waals surface area contributed by atoms with Gasteiger partial charge in [0.1, 0.15) is 0 Å². The minimum absolute atomic E-state index is 0.977. The molecule has 0 saturated carbocycles. The molecule has 8 aromatic rings. The highest BCUT2D eigenvalue weighted by atomic mass is 14.7. The third-order valence-corrected chi connectivity index (χ3v) is 8.19. The third kappa shape index (κ3) is 4.05. The molecule has 2 heteroatoms. The van der Waals surface area contributed by atoms with E-state index in [9.17, 15) is 0 Å². The van der Waals surface area contributed by atoms with E-state index in [4.69, 9.17) is 0 Å². The van der Waals surface area contributed by atoms with E-state index in [1.54, 1.807) is 0 Å². The summed E-state index contributed by atoms with van der Waals surface area (Å²) in [4.78, 5) is 9.32. The summed E-state index contributed by atoms with van der Waals surface area (Å²) in [5.41, 5.74) is 8.93. The first-order valence-electron chi connectivity index (χ1n) is 14.2. The maximum atomic E-state index is 4.66. The van der Waals surface area contributed by atoms with E-state index in [2.05, 4.69) is 131 Å². The van der Waals surface area contributed by atoms with Crippen molar-refractivity contribution in [2.75, 3.05) is 0 Å². The van der Waals surface area contributed by atoms with Crippen molar-refractivity contribution in [1.29, 1.82) is 0 Å². The fourth-order valence-corrected chi connectivity index (χ4v) is 6.25. The van der Waals surface area contributed by atoms with Gasteiger partial charge in [-0.1, -0.05) is 109 Å². The van der Waals surface area contributed by atoms with Crippen LogP contribution in [0.5, 0.6) is 0 Å². The van der Waals surface area contributed by atoms with Crippen LogP contribution in [0, 0.1) is 0 Å². The van der Waals surface area contributed by atoms with Gasteiger partial charge in [-0.25, -0.2) is 0 Å². The summed E-state index contributed by atoms with van der Waals surface area (Å²) >= 11 is 0. The Morgan fingerprint density at radius 2 is 0.667 bits per heavy atom. The van der Waals surface area contributed by atoms with Gasteiger partial charge in [-0.15, -0.1) is 0 Å². The second-order valence-corrected chi connectivity index (χ2v) is 10.6. The monoisotopic (exact) mass is 534 g/mol. The van der Waals surface area contributed by atoms with E-state index in [1.165, 1.54) is 54.6 Å². The lowest BCUT2D eigenvalue weighted by atomic mass is 9.88. The molecule has 0 spiro atoms. The van der Waals surface area contributed by atoms with Crippen LogP contribution >= 0.6 is 0 Å². The quantitative estimate of drug-likeness (QED) is 0.210. The molecule has 2 heterocycles. The van der Waals surface area contributed by atoms with Gasteiger partial charge in [0.15, 0.2) is 0 Å². The Morgan fingerprint density at radius 3 is 1.10 bits per heavy atom. The van der Waals surface area contributed by atoms with Crippen molar-refractivity contribution in [1.82, 2.24) is 9.97 Å². The van der Waals surface area contributed by atoms with Gasteiger partial charge in [0.2, 0.25) is 0 Å². The van der Waals surface area contributed by atoms with Crippen molar-refractivity contribution in [2.45, 2.75) is 0 Å². The number of nitrogens with zero attached hydrogens (tertiary/aromatic N) is 2. The average molecular weight is 535 g/mol. The van der Waals surface area contributed by atoms with Gasteiger partial charge in [0.05, 0.1) is 11.4 Å². The fourth-order valence-electron chi connectivity index (χ4n) is 6.25. The van der Waals surface area contributed by atoms with Crippen LogP contribution in [0.15, 0.2) is 158 Å². The molecule has 0 radical (unpaired) electrons. The van der Waals surface area contributed by atoms with Crippen LogP contribution in [0.3, 0.4) is 0 Å². The number of hydrogen-bond donors (Lipinski definition) is 0. The predicted molar refractivity (Wildman–Crippen MR) is 176 cm³/mol. The van der Waals surface area contributed by atoms with Crippen molar-refractivity contribution in [3.05, 3.63) is 158 Å². The number of rotatable bonds is 4. The Morgan fingerprint density at radius 1 is 0.286 bits per heavy atom. The molecule has 6 aromatic carbocycles. The highest BCUT2D eigenvalue weighted by Gasteiger charge is 2.15. The number of fused-ring (bicyclic) bond motifs is 6. The van der Waals surface area contributed by atoms with Crippen molar-refractivity contribution >= 4 is 32.3 Å². The van der Waals surface area contributed by atoms with Crippen LogP contribution in [0.25, 0.3) is 77.1 Å². The van der Waals surface area contributed by atoms with Crippen molar-refractivity contribution in [3.8, 4) is 44.8 Å². The van der Waals surface area contributed by atoms with Crippen molar-refractivity contribution < 1.29 is 0 Å². The molecule has 0 fully saturated rings. The zero-order chi connectivity index (χ0) is 27.9. The van der Waals surface area contributed by atoms with Gasteiger partial charge in [-0.3, -0.25) is 9.97 Å². The topological polar surface area (TPSA) is 25.8 Å². The van der Waals surface area contributed by atoms with Crippen LogP contribution in [-0.2, 0) is 0 Å². The molecule has 0 N–H and O–H groups in total. The molecule has 42 heavy (non-hydrogen) atoms. The Hall–Kier alpha value is -5.60. The van der Waals surface area contributed by atoms with Crippen molar-refractivity contribution in [3.63, 3.8) is 0 Å². The number of pyridine rings is 2. The summed E-state index contributed by atoms with van der Waals surface area (Å²) in [6, 6.07) is 51.8. The number of aromatic nitrogens is 2. The molecule has 0 aliphatic carbocycles. The minimum atomic E-state index is 0.977. The van der Waals surface area contributed by atoms with E-state index in [1.807, 2.05) is 36.7 Å². The van der Waals surface area contributed by atoms with Gasteiger partial charge in [0.25, 0.3) is 0 Å². The summed E-state index contributed by atoms with van der Waals surface area (Å²) < 4.78 is 0. The van der Waals surface area contributed by atoms with E-state index in [0.717, 1.165) is 22.5 Å². The Bertz CT molecular complexity index is 2070. The van der Waals surface area contributed by atoms with Crippen LogP contribution in [0.1, 0.15) is 0 Å². The van der Waals surface area contributed by atoms with Crippen LogP contribution < -0.4 is 0 Å². The molecular formula is C40H26N2. The molecule has 0 bridgehead atoms. The van der Waals surface area contributed by atoms with Gasteiger partial charge >= 0.3 is 0 Å². The lowest BCUT2D eigenvalue weighted by Gasteiger charge is -2.15. The average Bonchev–Trinajstić information content (AvgIpc) is 3.09. The maximum absolute atomic E-state index is 4.66. The van der Waals surface area contributed by atoms with E-state index in [-0.39, 0.29) is 0 Å². The molecule has 8 rings (SSSR count). The maximum Gasteiger partial charge on any atom is 0.0708 e. The Kier molecular flexibility index (Phi) is 5.82. The molecule has 2 aromatic heterocycles. The first kappa shape index (κ1) is 24.2. The van der Waals surface area contributed by atoms with Crippen molar-refractivity contribution in [2.24, 2.45) is 0 Å². The summed E-state index contributed by atoms with van der Waals surface area (Å²) in [5.74, 6) is 0. The SMILES string of the molecule is c1ccc(-c2ccccc2-c2ccc3c4ccccc4c4ccc(-c5ccccc5-c5ccccn5)cc4c3c2)nc1. The second kappa shape index (κ2) is 10.1. The number of benzene rings is 6. The summed E-state index contributed by atoms with van der Waals surface area (Å²) in [6.07, 6.45) is 3.72. The Balaban J connectivity index is 1.41.